The zero-order valence-electron chi connectivity index (χ0n) is 11.7. The van der Waals surface area contributed by atoms with Gasteiger partial charge in [0.05, 0.1) is 5.56 Å². The van der Waals surface area contributed by atoms with Gasteiger partial charge in [0.2, 0.25) is 0 Å². The normalized spacial score (nSPS) is 17.6. The maximum absolute atomic E-state index is 11.6. The number of carbonyl (C=O) groups is 1. The quantitative estimate of drug-likeness (QED) is 0.604. The van der Waals surface area contributed by atoms with Crippen LogP contribution in [0.15, 0.2) is 24.3 Å². The lowest BCUT2D eigenvalue weighted by atomic mass is 10.1. The molecule has 0 saturated carbocycles. The molecule has 0 aliphatic carbocycles. The molecule has 1 aliphatic heterocycles. The molecule has 1 N–H and O–H groups in total. The van der Waals surface area contributed by atoms with E-state index in [4.69, 9.17) is 4.74 Å². The molecule has 19 heavy (non-hydrogen) atoms. The van der Waals surface area contributed by atoms with Crippen molar-refractivity contribution in [3.63, 3.8) is 0 Å². The van der Waals surface area contributed by atoms with Crippen molar-refractivity contribution < 1.29 is 9.53 Å². The summed E-state index contributed by atoms with van der Waals surface area (Å²) in [5.41, 5.74) is 1.64. The summed E-state index contributed by atoms with van der Waals surface area (Å²) in [5.74, 6) is -0.225. The number of benzene rings is 1. The Morgan fingerprint density at radius 2 is 2.00 bits per heavy atom. The summed E-state index contributed by atoms with van der Waals surface area (Å²) in [7, 11) is 0. The van der Waals surface area contributed by atoms with Gasteiger partial charge in [-0.25, -0.2) is 4.79 Å². The van der Waals surface area contributed by atoms with Crippen LogP contribution in [0.4, 0.5) is 0 Å². The fourth-order valence-electron chi connectivity index (χ4n) is 2.37. The van der Waals surface area contributed by atoms with Crippen LogP contribution in [0.2, 0.25) is 0 Å². The number of nitrogens with one attached hydrogen (secondary N) is 1. The van der Waals surface area contributed by atoms with Crippen molar-refractivity contribution in [1.29, 1.82) is 0 Å². The SMILES string of the molecule is CCN(CC)CCCNC1OC(=O)c2ccccc21. The van der Waals surface area contributed by atoms with Gasteiger partial charge in [-0.1, -0.05) is 32.0 Å². The van der Waals surface area contributed by atoms with Gasteiger partial charge in [-0.05, 0) is 32.1 Å². The Balaban J connectivity index is 1.81. The van der Waals surface area contributed by atoms with Gasteiger partial charge in [-0.2, -0.15) is 0 Å². The van der Waals surface area contributed by atoms with Crippen molar-refractivity contribution in [2.24, 2.45) is 0 Å². The third-order valence-corrected chi connectivity index (χ3v) is 3.56. The lowest BCUT2D eigenvalue weighted by molar-refractivity contribution is 0.0307. The molecule has 0 aromatic heterocycles. The van der Waals surface area contributed by atoms with Crippen molar-refractivity contribution in [3.05, 3.63) is 35.4 Å². The fourth-order valence-corrected chi connectivity index (χ4v) is 2.37. The number of ether oxygens (including phenoxy) is 1. The zero-order valence-corrected chi connectivity index (χ0v) is 11.7. The molecule has 1 aromatic carbocycles. The number of hydrogen-bond acceptors (Lipinski definition) is 4. The van der Waals surface area contributed by atoms with Gasteiger partial charge in [0, 0.05) is 12.1 Å². The topological polar surface area (TPSA) is 41.6 Å². The highest BCUT2D eigenvalue weighted by atomic mass is 16.6. The molecule has 1 aliphatic rings. The van der Waals surface area contributed by atoms with Gasteiger partial charge in [0.1, 0.15) is 0 Å². The van der Waals surface area contributed by atoms with Gasteiger partial charge in [-0.3, -0.25) is 5.32 Å². The van der Waals surface area contributed by atoms with Crippen LogP contribution in [0.25, 0.3) is 0 Å². The molecule has 1 unspecified atom stereocenters. The molecule has 0 bridgehead atoms. The summed E-state index contributed by atoms with van der Waals surface area (Å²) in [6.45, 7) is 8.43. The van der Waals surface area contributed by atoms with Crippen LogP contribution in [0, 0.1) is 0 Å². The Hall–Kier alpha value is -1.39. The van der Waals surface area contributed by atoms with E-state index in [2.05, 4.69) is 24.1 Å². The smallest absolute Gasteiger partial charge is 0.340 e. The number of esters is 1. The highest BCUT2D eigenvalue weighted by molar-refractivity contribution is 5.93. The Bertz CT molecular complexity index is 430. The van der Waals surface area contributed by atoms with Crippen LogP contribution in [-0.2, 0) is 4.74 Å². The first kappa shape index (κ1) is 14.0. The van der Waals surface area contributed by atoms with E-state index in [0.29, 0.717) is 5.56 Å². The average Bonchev–Trinajstić information content (AvgIpc) is 2.76. The van der Waals surface area contributed by atoms with Crippen molar-refractivity contribution in [2.75, 3.05) is 26.2 Å². The third-order valence-electron chi connectivity index (χ3n) is 3.56. The Labute approximate surface area is 114 Å². The largest absolute Gasteiger partial charge is 0.439 e. The summed E-state index contributed by atoms with van der Waals surface area (Å²) >= 11 is 0. The van der Waals surface area contributed by atoms with E-state index >= 15 is 0 Å². The molecule has 0 radical (unpaired) electrons. The zero-order chi connectivity index (χ0) is 13.7. The van der Waals surface area contributed by atoms with Crippen molar-refractivity contribution in [2.45, 2.75) is 26.5 Å². The van der Waals surface area contributed by atoms with Crippen LogP contribution < -0.4 is 5.32 Å². The first-order valence-electron chi connectivity index (χ1n) is 7.02. The first-order valence-corrected chi connectivity index (χ1v) is 7.02. The van der Waals surface area contributed by atoms with Crippen molar-refractivity contribution in [3.8, 4) is 0 Å². The average molecular weight is 262 g/mol. The molecule has 0 amide bonds. The molecule has 4 heteroatoms. The maximum Gasteiger partial charge on any atom is 0.340 e. The monoisotopic (exact) mass is 262 g/mol. The minimum Gasteiger partial charge on any atom is -0.439 e. The number of fused-ring (bicyclic) bond motifs is 1. The Kier molecular flexibility index (Phi) is 4.93. The maximum atomic E-state index is 11.6. The molecule has 0 fully saturated rings. The molecule has 1 atom stereocenters. The summed E-state index contributed by atoms with van der Waals surface area (Å²) in [6, 6.07) is 7.56. The summed E-state index contributed by atoms with van der Waals surface area (Å²) < 4.78 is 5.33. The number of cyclic esters (lactones) is 1. The van der Waals surface area contributed by atoms with Gasteiger partial charge >= 0.3 is 5.97 Å². The van der Waals surface area contributed by atoms with E-state index < -0.39 is 0 Å². The second-order valence-electron chi connectivity index (χ2n) is 4.71. The van der Waals surface area contributed by atoms with Crippen LogP contribution in [-0.4, -0.2) is 37.0 Å². The lowest BCUT2D eigenvalue weighted by Gasteiger charge is -2.19. The van der Waals surface area contributed by atoms with E-state index in [9.17, 15) is 4.79 Å². The van der Waals surface area contributed by atoms with Gasteiger partial charge < -0.3 is 9.64 Å². The van der Waals surface area contributed by atoms with Crippen LogP contribution in [0.3, 0.4) is 0 Å². The standard InChI is InChI=1S/C15H22N2O2/c1-3-17(4-2)11-7-10-16-14-12-8-5-6-9-13(12)15(18)19-14/h5-6,8-9,14,16H,3-4,7,10-11H2,1-2H3. The molecule has 1 aromatic rings. The predicted octanol–water partition coefficient (Wildman–Crippen LogP) is 2.18. The first-order chi connectivity index (χ1) is 9.26. The van der Waals surface area contributed by atoms with Crippen molar-refractivity contribution >= 4 is 5.97 Å². The van der Waals surface area contributed by atoms with E-state index in [0.717, 1.165) is 38.2 Å². The molecule has 0 spiro atoms. The second kappa shape index (κ2) is 6.68. The summed E-state index contributed by atoms with van der Waals surface area (Å²) in [6.07, 6.45) is 0.776. The number of rotatable bonds is 7. The van der Waals surface area contributed by atoms with Gasteiger partial charge in [0.15, 0.2) is 6.23 Å². The number of carbonyl (C=O) groups excluding carboxylic acids is 1. The lowest BCUT2D eigenvalue weighted by Crippen LogP contribution is -2.28. The van der Waals surface area contributed by atoms with Gasteiger partial charge in [-0.15, -0.1) is 0 Å². The summed E-state index contributed by atoms with van der Waals surface area (Å²) in [5, 5.41) is 3.30. The van der Waals surface area contributed by atoms with E-state index in [1.54, 1.807) is 0 Å². The minimum absolute atomic E-state index is 0.225. The predicted molar refractivity (Wildman–Crippen MR) is 75.0 cm³/mol. The van der Waals surface area contributed by atoms with Gasteiger partial charge in [0.25, 0.3) is 0 Å². The number of hydrogen-bond donors (Lipinski definition) is 1. The Morgan fingerprint density at radius 3 is 2.74 bits per heavy atom. The highest BCUT2D eigenvalue weighted by Crippen LogP contribution is 2.27. The molecular formula is C15H22N2O2. The van der Waals surface area contributed by atoms with Crippen LogP contribution in [0.1, 0.15) is 42.4 Å². The van der Waals surface area contributed by atoms with Crippen LogP contribution in [0.5, 0.6) is 0 Å². The Morgan fingerprint density at radius 1 is 1.26 bits per heavy atom. The van der Waals surface area contributed by atoms with Crippen molar-refractivity contribution in [1.82, 2.24) is 10.2 Å². The minimum atomic E-state index is -0.277. The third kappa shape index (κ3) is 3.33. The molecule has 4 nitrogen and oxygen atoms in total. The second-order valence-corrected chi connectivity index (χ2v) is 4.71. The fraction of sp³-hybridized carbons (Fsp3) is 0.533. The summed E-state index contributed by atoms with van der Waals surface area (Å²) in [4.78, 5) is 14.0. The van der Waals surface area contributed by atoms with E-state index in [-0.39, 0.29) is 12.2 Å². The van der Waals surface area contributed by atoms with E-state index in [1.165, 1.54) is 0 Å². The van der Waals surface area contributed by atoms with Crippen LogP contribution >= 0.6 is 0 Å². The molecular weight excluding hydrogens is 240 g/mol. The van der Waals surface area contributed by atoms with E-state index in [1.807, 2.05) is 24.3 Å². The molecule has 2 rings (SSSR count). The molecule has 104 valence electrons. The number of nitrogens with zero attached hydrogens (tertiary/aromatic N) is 1. The molecule has 0 saturated heterocycles. The highest BCUT2D eigenvalue weighted by Gasteiger charge is 2.29. The molecule has 1 heterocycles.